The first kappa shape index (κ1) is 26.0. The van der Waals surface area contributed by atoms with Crippen molar-refractivity contribution in [3.05, 3.63) is 64.8 Å². The van der Waals surface area contributed by atoms with Crippen LogP contribution in [0, 0.1) is 0 Å². The van der Waals surface area contributed by atoms with E-state index in [2.05, 4.69) is 25.1 Å². The van der Waals surface area contributed by atoms with E-state index in [1.165, 1.54) is 17.5 Å². The highest BCUT2D eigenvalue weighted by molar-refractivity contribution is 7.93. The number of pyridine rings is 2. The summed E-state index contributed by atoms with van der Waals surface area (Å²) in [5.74, 6) is -0.346. The fourth-order valence-electron chi connectivity index (χ4n) is 3.16. The lowest BCUT2D eigenvalue weighted by molar-refractivity contribution is 0.0950. The second kappa shape index (κ2) is 10.9. The van der Waals surface area contributed by atoms with Crippen molar-refractivity contribution in [2.24, 2.45) is 0 Å². The van der Waals surface area contributed by atoms with E-state index < -0.39 is 10.0 Å². The van der Waals surface area contributed by atoms with E-state index in [-0.39, 0.29) is 17.7 Å². The van der Waals surface area contributed by atoms with Gasteiger partial charge in [0.15, 0.2) is 5.01 Å². The molecular weight excluding hydrogens is 522 g/mol. The van der Waals surface area contributed by atoms with Gasteiger partial charge < -0.3 is 10.2 Å². The van der Waals surface area contributed by atoms with Crippen LogP contribution in [0.15, 0.2) is 49.1 Å². The molecule has 0 atom stereocenters. The van der Waals surface area contributed by atoms with Crippen LogP contribution in [0.2, 0.25) is 5.02 Å². The van der Waals surface area contributed by atoms with Crippen LogP contribution in [0.3, 0.4) is 0 Å². The Hall–Kier alpha value is -3.06. The van der Waals surface area contributed by atoms with Crippen molar-refractivity contribution in [2.75, 3.05) is 25.9 Å². The molecule has 36 heavy (non-hydrogen) atoms. The maximum Gasteiger partial charge on any atom is 0.280 e. The third kappa shape index (κ3) is 6.58. The number of nitrogens with zero attached hydrogens (tertiary/aromatic N) is 5. The standard InChI is InChI=1S/C20H17ClN6O3S2.C3H9N/c21-12-4-6-27-17(7-12)16(10-25-27)18-11-24-20(31-18)19(28)23-9-14-8-13(3-5-22-14)26-32(29,30)15-1-2-15;1-4(2)3/h3-8,10-11,15H,1-2,9H2,(H,22,26)(H,23,28);1-3H3. The molecule has 0 saturated heterocycles. The lowest BCUT2D eigenvalue weighted by Gasteiger charge is -2.08. The smallest absolute Gasteiger partial charge is 0.280 e. The molecule has 13 heteroatoms. The van der Waals surface area contributed by atoms with E-state index in [0.717, 1.165) is 16.0 Å². The molecule has 10 nitrogen and oxygen atoms in total. The second-order valence-electron chi connectivity index (χ2n) is 8.67. The molecule has 190 valence electrons. The Balaban J connectivity index is 0.000000709. The highest BCUT2D eigenvalue weighted by atomic mass is 35.5. The average Bonchev–Trinajstić information content (AvgIpc) is 3.44. The molecule has 1 aliphatic carbocycles. The van der Waals surface area contributed by atoms with Crippen LogP contribution in [0.25, 0.3) is 16.0 Å². The van der Waals surface area contributed by atoms with Crippen molar-refractivity contribution >= 4 is 50.1 Å². The van der Waals surface area contributed by atoms with Gasteiger partial charge >= 0.3 is 0 Å². The molecule has 1 aliphatic rings. The van der Waals surface area contributed by atoms with Crippen molar-refractivity contribution in [1.29, 1.82) is 0 Å². The second-order valence-corrected chi connectivity index (χ2v) is 12.1. The number of aromatic nitrogens is 4. The van der Waals surface area contributed by atoms with E-state index in [1.54, 1.807) is 47.4 Å². The first-order valence-electron chi connectivity index (χ1n) is 11.1. The number of carbonyl (C=O) groups is 1. The summed E-state index contributed by atoms with van der Waals surface area (Å²) in [7, 11) is 2.64. The number of thiazole rings is 1. The summed E-state index contributed by atoms with van der Waals surface area (Å²) >= 11 is 7.34. The number of nitrogens with one attached hydrogen (secondary N) is 2. The Morgan fingerprint density at radius 2 is 1.94 bits per heavy atom. The number of carbonyl (C=O) groups excluding carboxylic acids is 1. The lowest BCUT2D eigenvalue weighted by atomic mass is 10.2. The molecule has 1 amide bonds. The van der Waals surface area contributed by atoms with Crippen molar-refractivity contribution in [2.45, 2.75) is 24.6 Å². The van der Waals surface area contributed by atoms with Crippen LogP contribution in [0.1, 0.15) is 28.3 Å². The van der Waals surface area contributed by atoms with Gasteiger partial charge in [0.25, 0.3) is 5.91 Å². The molecule has 4 heterocycles. The van der Waals surface area contributed by atoms with Gasteiger partial charge in [-0.25, -0.2) is 17.9 Å². The summed E-state index contributed by atoms with van der Waals surface area (Å²) in [4.78, 5) is 23.8. The molecule has 0 aliphatic heterocycles. The van der Waals surface area contributed by atoms with Gasteiger partial charge in [-0.2, -0.15) is 5.10 Å². The molecule has 0 radical (unpaired) electrons. The summed E-state index contributed by atoms with van der Waals surface area (Å²) in [6.45, 7) is 0.138. The van der Waals surface area contributed by atoms with Gasteiger partial charge in [0.2, 0.25) is 10.0 Å². The van der Waals surface area contributed by atoms with E-state index in [0.29, 0.717) is 34.3 Å². The zero-order chi connectivity index (χ0) is 25.9. The maximum atomic E-state index is 12.6. The molecule has 4 aromatic heterocycles. The molecule has 5 rings (SSSR count). The van der Waals surface area contributed by atoms with E-state index >= 15 is 0 Å². The zero-order valence-electron chi connectivity index (χ0n) is 20.0. The third-order valence-electron chi connectivity index (χ3n) is 4.92. The highest BCUT2D eigenvalue weighted by Crippen LogP contribution is 2.31. The number of amides is 1. The number of rotatable bonds is 7. The van der Waals surface area contributed by atoms with Gasteiger partial charge in [0.1, 0.15) is 0 Å². The number of halogens is 1. The molecule has 0 spiro atoms. The summed E-state index contributed by atoms with van der Waals surface area (Å²) in [5, 5.41) is 7.64. The molecule has 1 fully saturated rings. The van der Waals surface area contributed by atoms with Crippen molar-refractivity contribution in [3.63, 3.8) is 0 Å². The number of hydrogen-bond acceptors (Lipinski definition) is 8. The lowest BCUT2D eigenvalue weighted by Crippen LogP contribution is -2.23. The quantitative estimate of drug-likeness (QED) is 0.363. The predicted molar refractivity (Wildman–Crippen MR) is 142 cm³/mol. The minimum absolute atomic E-state index is 0.138. The fraction of sp³-hybridized carbons (Fsp3) is 0.304. The van der Waals surface area contributed by atoms with Crippen molar-refractivity contribution in [1.82, 2.24) is 29.8 Å². The zero-order valence-corrected chi connectivity index (χ0v) is 22.4. The predicted octanol–water partition coefficient (Wildman–Crippen LogP) is 3.52. The minimum Gasteiger partial charge on any atom is -0.344 e. The Morgan fingerprint density at radius 3 is 2.67 bits per heavy atom. The van der Waals surface area contributed by atoms with Gasteiger partial charge in [-0.05, 0) is 58.3 Å². The van der Waals surface area contributed by atoms with E-state index in [1.807, 2.05) is 26.0 Å². The first-order valence-corrected chi connectivity index (χ1v) is 13.8. The number of sulfonamides is 1. The minimum atomic E-state index is -3.36. The molecule has 2 N–H and O–H groups in total. The molecule has 0 bridgehead atoms. The molecule has 0 aromatic carbocycles. The Bertz CT molecular complexity index is 1480. The molecular formula is C23H26ClN7O3S2. The summed E-state index contributed by atoms with van der Waals surface area (Å²) in [6.07, 6.45) is 7.97. The van der Waals surface area contributed by atoms with Crippen molar-refractivity contribution < 1.29 is 13.2 Å². The van der Waals surface area contributed by atoms with E-state index in [9.17, 15) is 13.2 Å². The number of fused-ring (bicyclic) bond motifs is 1. The summed E-state index contributed by atoms with van der Waals surface area (Å²) < 4.78 is 28.5. The van der Waals surface area contributed by atoms with Crippen LogP contribution in [-0.2, 0) is 16.6 Å². The Kier molecular flexibility index (Phi) is 7.88. The van der Waals surface area contributed by atoms with Crippen LogP contribution < -0.4 is 10.0 Å². The monoisotopic (exact) mass is 547 g/mol. The van der Waals surface area contributed by atoms with Gasteiger partial charge in [-0.3, -0.25) is 14.5 Å². The van der Waals surface area contributed by atoms with Crippen molar-refractivity contribution in [3.8, 4) is 10.4 Å². The molecule has 0 unspecified atom stereocenters. The maximum absolute atomic E-state index is 12.6. The Labute approximate surface area is 218 Å². The van der Waals surface area contributed by atoms with Crippen LogP contribution >= 0.6 is 22.9 Å². The average molecular weight is 548 g/mol. The third-order valence-corrected chi connectivity index (χ3v) is 8.05. The fourth-order valence-corrected chi connectivity index (χ4v) is 5.55. The molecule has 4 aromatic rings. The summed E-state index contributed by atoms with van der Waals surface area (Å²) in [5.41, 5.74) is 2.62. The van der Waals surface area contributed by atoms with Gasteiger partial charge in [-0.15, -0.1) is 11.3 Å². The van der Waals surface area contributed by atoms with Crippen LogP contribution in [0.5, 0.6) is 0 Å². The SMILES string of the molecule is CN(C)C.O=C(NCc1cc(NS(=O)(=O)C2CC2)ccn1)c1ncc(-c2cnn3ccc(Cl)cc23)s1. The summed E-state index contributed by atoms with van der Waals surface area (Å²) in [6, 6.07) is 6.74. The number of anilines is 1. The largest absolute Gasteiger partial charge is 0.344 e. The number of hydrogen-bond donors (Lipinski definition) is 2. The highest BCUT2D eigenvalue weighted by Gasteiger charge is 2.35. The normalized spacial score (nSPS) is 13.4. The first-order chi connectivity index (χ1) is 17.1. The van der Waals surface area contributed by atoms with Gasteiger partial charge in [0, 0.05) is 29.2 Å². The van der Waals surface area contributed by atoms with Gasteiger partial charge in [0.05, 0.1) is 39.8 Å². The van der Waals surface area contributed by atoms with Gasteiger partial charge in [-0.1, -0.05) is 11.6 Å². The van der Waals surface area contributed by atoms with E-state index in [4.69, 9.17) is 11.6 Å². The Morgan fingerprint density at radius 1 is 1.19 bits per heavy atom. The molecule has 1 saturated carbocycles. The topological polar surface area (TPSA) is 122 Å². The van der Waals surface area contributed by atoms with Crippen LogP contribution in [-0.4, -0.2) is 65.2 Å². The van der Waals surface area contributed by atoms with Crippen LogP contribution in [0.4, 0.5) is 5.69 Å².